The number of methoxy groups -OCH3 is 3. The first-order chi connectivity index (χ1) is 15.3. The molecule has 0 fully saturated rings. The molecule has 0 bridgehead atoms. The van der Waals surface area contributed by atoms with Crippen molar-refractivity contribution >= 4 is 27.3 Å². The number of amides is 1. The van der Waals surface area contributed by atoms with Crippen molar-refractivity contribution in [1.29, 1.82) is 0 Å². The molecule has 0 aliphatic rings. The van der Waals surface area contributed by atoms with Crippen LogP contribution in [0.4, 0.5) is 11.4 Å². The molecule has 8 nitrogen and oxygen atoms in total. The predicted molar refractivity (Wildman–Crippen MR) is 123 cm³/mol. The summed E-state index contributed by atoms with van der Waals surface area (Å²) in [5, 5.41) is 2.78. The quantitative estimate of drug-likeness (QED) is 0.554. The van der Waals surface area contributed by atoms with E-state index in [1.807, 2.05) is 0 Å². The average molecular weight is 457 g/mol. The predicted octanol–water partition coefficient (Wildman–Crippen LogP) is 3.79. The Labute approximate surface area is 187 Å². The molecule has 3 rings (SSSR count). The normalized spacial score (nSPS) is 10.9. The molecule has 0 aromatic heterocycles. The van der Waals surface area contributed by atoms with Gasteiger partial charge in [-0.3, -0.25) is 9.10 Å². The van der Waals surface area contributed by atoms with Crippen molar-refractivity contribution < 1.29 is 27.4 Å². The monoisotopic (exact) mass is 456 g/mol. The van der Waals surface area contributed by atoms with Gasteiger partial charge < -0.3 is 19.5 Å². The van der Waals surface area contributed by atoms with Gasteiger partial charge in [-0.05, 0) is 36.4 Å². The molecular formula is C23H24N2O6S. The van der Waals surface area contributed by atoms with Crippen LogP contribution in [-0.4, -0.2) is 42.7 Å². The fraction of sp³-hybridized carbons (Fsp3) is 0.174. The second kappa shape index (κ2) is 9.61. The number of nitrogens with one attached hydrogen (secondary N) is 1. The molecule has 0 radical (unpaired) electrons. The largest absolute Gasteiger partial charge is 0.497 e. The summed E-state index contributed by atoms with van der Waals surface area (Å²) >= 11 is 0. The summed E-state index contributed by atoms with van der Waals surface area (Å²) in [6.45, 7) is 0. The van der Waals surface area contributed by atoms with E-state index in [0.29, 0.717) is 17.2 Å². The van der Waals surface area contributed by atoms with Gasteiger partial charge in [-0.2, -0.15) is 0 Å². The van der Waals surface area contributed by atoms with Crippen molar-refractivity contribution in [2.45, 2.75) is 4.90 Å². The van der Waals surface area contributed by atoms with Gasteiger partial charge in [0.05, 0.1) is 37.5 Å². The zero-order valence-corrected chi connectivity index (χ0v) is 19.0. The number of ether oxygens (including phenoxy) is 3. The van der Waals surface area contributed by atoms with Crippen LogP contribution in [0.3, 0.4) is 0 Å². The molecule has 0 saturated heterocycles. The van der Waals surface area contributed by atoms with Gasteiger partial charge >= 0.3 is 0 Å². The summed E-state index contributed by atoms with van der Waals surface area (Å²) in [6, 6.07) is 17.7. The number of carbonyl (C=O) groups is 1. The minimum Gasteiger partial charge on any atom is -0.497 e. The van der Waals surface area contributed by atoms with Crippen molar-refractivity contribution in [1.82, 2.24) is 0 Å². The maximum Gasteiger partial charge on any atom is 0.264 e. The summed E-state index contributed by atoms with van der Waals surface area (Å²) in [6.07, 6.45) is 0. The smallest absolute Gasteiger partial charge is 0.264 e. The van der Waals surface area contributed by atoms with Crippen molar-refractivity contribution in [3.05, 3.63) is 72.3 Å². The van der Waals surface area contributed by atoms with Gasteiger partial charge in [0, 0.05) is 24.9 Å². The fourth-order valence-electron chi connectivity index (χ4n) is 3.10. The zero-order valence-electron chi connectivity index (χ0n) is 18.2. The minimum absolute atomic E-state index is 0.000608. The Balaban J connectivity index is 1.95. The maximum atomic E-state index is 13.3. The van der Waals surface area contributed by atoms with Crippen LogP contribution in [0, 0.1) is 0 Å². The van der Waals surface area contributed by atoms with Gasteiger partial charge in [0.1, 0.15) is 5.75 Å². The summed E-state index contributed by atoms with van der Waals surface area (Å²) in [5.74, 6) is 0.825. The Bertz CT molecular complexity index is 1230. The highest BCUT2D eigenvalue weighted by Crippen LogP contribution is 2.32. The van der Waals surface area contributed by atoms with E-state index in [2.05, 4.69) is 5.32 Å². The lowest BCUT2D eigenvalue weighted by Crippen LogP contribution is -2.29. The number of rotatable bonds is 8. The van der Waals surface area contributed by atoms with Gasteiger partial charge in [0.15, 0.2) is 11.5 Å². The number of nitrogens with zero attached hydrogens (tertiary/aromatic N) is 1. The van der Waals surface area contributed by atoms with Crippen LogP contribution in [0.15, 0.2) is 71.6 Å². The highest BCUT2D eigenvalue weighted by atomic mass is 32.2. The van der Waals surface area contributed by atoms with Gasteiger partial charge in [-0.1, -0.05) is 18.2 Å². The fourth-order valence-corrected chi connectivity index (χ4v) is 4.33. The summed E-state index contributed by atoms with van der Waals surface area (Å²) in [7, 11) is 1.83. The van der Waals surface area contributed by atoms with Gasteiger partial charge in [0.25, 0.3) is 15.9 Å². The van der Waals surface area contributed by atoms with Crippen LogP contribution < -0.4 is 23.8 Å². The number of sulfonamides is 1. The second-order valence-electron chi connectivity index (χ2n) is 6.69. The molecule has 0 spiro atoms. The highest BCUT2D eigenvalue weighted by Gasteiger charge is 2.26. The SMILES string of the molecule is COc1cccc(NC(=O)c2ccccc2N(C)S(=O)(=O)c2ccc(OC)c(OC)c2)c1. The van der Waals surface area contributed by atoms with E-state index < -0.39 is 15.9 Å². The van der Waals surface area contributed by atoms with Crippen LogP contribution >= 0.6 is 0 Å². The molecule has 1 amide bonds. The molecule has 0 aliphatic heterocycles. The number of hydrogen-bond acceptors (Lipinski definition) is 6. The first kappa shape index (κ1) is 23.0. The Hall–Kier alpha value is -3.72. The third kappa shape index (κ3) is 4.62. The third-order valence-electron chi connectivity index (χ3n) is 4.83. The Morgan fingerprint density at radius 1 is 0.844 bits per heavy atom. The molecular weight excluding hydrogens is 432 g/mol. The van der Waals surface area contributed by atoms with Gasteiger partial charge in [0.2, 0.25) is 0 Å². The van der Waals surface area contributed by atoms with Crippen molar-refractivity contribution in [3.8, 4) is 17.2 Å². The van der Waals surface area contributed by atoms with E-state index in [-0.39, 0.29) is 21.9 Å². The standard InChI is InChI=1S/C23H24N2O6S/c1-25(32(27,28)18-12-13-21(30-3)22(15-18)31-4)20-11-6-5-10-19(20)23(26)24-16-8-7-9-17(14-16)29-2/h5-15H,1-4H3,(H,24,26). The molecule has 0 unspecified atom stereocenters. The minimum atomic E-state index is -3.99. The number of para-hydroxylation sites is 1. The van der Waals surface area contributed by atoms with Crippen LogP contribution in [0.2, 0.25) is 0 Å². The molecule has 168 valence electrons. The zero-order chi connectivity index (χ0) is 23.3. The molecule has 0 heterocycles. The van der Waals surface area contributed by atoms with E-state index in [9.17, 15) is 13.2 Å². The van der Waals surface area contributed by atoms with Crippen molar-refractivity contribution in [3.63, 3.8) is 0 Å². The molecule has 9 heteroatoms. The maximum absolute atomic E-state index is 13.3. The molecule has 3 aromatic carbocycles. The van der Waals surface area contributed by atoms with Gasteiger partial charge in [-0.25, -0.2) is 8.42 Å². The summed E-state index contributed by atoms with van der Waals surface area (Å²) < 4.78 is 43.2. The Morgan fingerprint density at radius 2 is 1.56 bits per heavy atom. The van der Waals surface area contributed by atoms with E-state index in [1.165, 1.54) is 46.6 Å². The summed E-state index contributed by atoms with van der Waals surface area (Å²) in [4.78, 5) is 13.0. The van der Waals surface area contributed by atoms with Crippen LogP contribution in [0.1, 0.15) is 10.4 Å². The number of benzene rings is 3. The van der Waals surface area contributed by atoms with E-state index in [0.717, 1.165) is 4.31 Å². The van der Waals surface area contributed by atoms with Crippen molar-refractivity contribution in [2.75, 3.05) is 38.0 Å². The molecule has 32 heavy (non-hydrogen) atoms. The van der Waals surface area contributed by atoms with E-state index >= 15 is 0 Å². The lowest BCUT2D eigenvalue weighted by molar-refractivity contribution is 0.102. The molecule has 0 saturated carbocycles. The molecule has 3 aromatic rings. The lowest BCUT2D eigenvalue weighted by atomic mass is 10.1. The van der Waals surface area contributed by atoms with E-state index in [1.54, 1.807) is 48.5 Å². The Kier molecular flexibility index (Phi) is 6.89. The summed E-state index contributed by atoms with van der Waals surface area (Å²) in [5.41, 5.74) is 0.944. The molecule has 0 aliphatic carbocycles. The second-order valence-corrected chi connectivity index (χ2v) is 8.66. The highest BCUT2D eigenvalue weighted by molar-refractivity contribution is 7.92. The first-order valence-electron chi connectivity index (χ1n) is 9.57. The first-order valence-corrected chi connectivity index (χ1v) is 11.0. The van der Waals surface area contributed by atoms with E-state index in [4.69, 9.17) is 14.2 Å². The van der Waals surface area contributed by atoms with Crippen LogP contribution in [-0.2, 0) is 10.0 Å². The van der Waals surface area contributed by atoms with Crippen LogP contribution in [0.5, 0.6) is 17.2 Å². The average Bonchev–Trinajstić information content (AvgIpc) is 2.83. The molecule has 1 N–H and O–H groups in total. The lowest BCUT2D eigenvalue weighted by Gasteiger charge is -2.22. The van der Waals surface area contributed by atoms with Crippen molar-refractivity contribution in [2.24, 2.45) is 0 Å². The van der Waals surface area contributed by atoms with Gasteiger partial charge in [-0.15, -0.1) is 0 Å². The number of anilines is 2. The number of hydrogen-bond donors (Lipinski definition) is 1. The topological polar surface area (TPSA) is 94.2 Å². The number of carbonyl (C=O) groups excluding carboxylic acids is 1. The van der Waals surface area contributed by atoms with Crippen LogP contribution in [0.25, 0.3) is 0 Å². The third-order valence-corrected chi connectivity index (χ3v) is 6.60. The molecule has 0 atom stereocenters. The Morgan fingerprint density at radius 3 is 2.25 bits per heavy atom.